The van der Waals surface area contributed by atoms with Gasteiger partial charge in [0.25, 0.3) is 0 Å². The van der Waals surface area contributed by atoms with Crippen molar-refractivity contribution in [3.05, 3.63) is 47.1 Å². The van der Waals surface area contributed by atoms with E-state index in [4.69, 9.17) is 10.3 Å². The molecule has 0 saturated carbocycles. The number of nitrogens with two attached hydrogens (primary N) is 1. The van der Waals surface area contributed by atoms with E-state index >= 15 is 0 Å². The summed E-state index contributed by atoms with van der Waals surface area (Å²) in [5, 5.41) is 3.82. The fourth-order valence-corrected chi connectivity index (χ4v) is 1.83. The van der Waals surface area contributed by atoms with Crippen molar-refractivity contribution < 1.29 is 13.3 Å². The first-order chi connectivity index (χ1) is 9.74. The van der Waals surface area contributed by atoms with Crippen molar-refractivity contribution in [2.45, 2.75) is 39.7 Å². The molecule has 0 spiro atoms. The van der Waals surface area contributed by atoms with Crippen LogP contribution in [0, 0.1) is 17.0 Å². The van der Waals surface area contributed by atoms with Crippen LogP contribution in [-0.2, 0) is 12.8 Å². The summed E-state index contributed by atoms with van der Waals surface area (Å²) in [4.78, 5) is 4.22. The van der Waals surface area contributed by atoms with Gasteiger partial charge in [0.15, 0.2) is 5.82 Å². The maximum Gasteiger partial charge on any atom is 0.228 e. The first-order valence-electron chi connectivity index (χ1n) is 6.76. The predicted molar refractivity (Wildman–Crippen MR) is 74.6 cm³/mol. The van der Waals surface area contributed by atoms with Gasteiger partial charge < -0.3 is 10.3 Å². The average molecular weight is 295 g/mol. The number of hydrogen-bond acceptors (Lipinski definition) is 4. The molecule has 2 aromatic rings. The van der Waals surface area contributed by atoms with Crippen molar-refractivity contribution in [1.29, 1.82) is 0 Å². The number of rotatable bonds is 4. The van der Waals surface area contributed by atoms with Gasteiger partial charge in [0.2, 0.25) is 5.89 Å². The Morgan fingerprint density at radius 3 is 2.38 bits per heavy atom. The number of aromatic nitrogens is 2. The first kappa shape index (κ1) is 15.6. The minimum absolute atomic E-state index is 0.0691. The summed E-state index contributed by atoms with van der Waals surface area (Å²) in [6.07, 6.45) is 0.678. The molecule has 0 radical (unpaired) electrons. The summed E-state index contributed by atoms with van der Waals surface area (Å²) in [5.41, 5.74) is 6.45. The molecule has 0 aliphatic rings. The Labute approximate surface area is 122 Å². The topological polar surface area (TPSA) is 64.9 Å². The molecule has 1 unspecified atom stereocenters. The number of benzene rings is 1. The molecule has 6 heteroatoms. The third kappa shape index (κ3) is 4.32. The highest BCUT2D eigenvalue weighted by atomic mass is 19.1. The van der Waals surface area contributed by atoms with Crippen LogP contribution in [-0.4, -0.2) is 16.2 Å². The van der Waals surface area contributed by atoms with E-state index in [1.54, 1.807) is 0 Å². The monoisotopic (exact) mass is 295 g/mol. The second-order valence-corrected chi connectivity index (χ2v) is 6.24. The van der Waals surface area contributed by atoms with E-state index in [9.17, 15) is 8.78 Å². The summed E-state index contributed by atoms with van der Waals surface area (Å²) in [7, 11) is 0. The Morgan fingerprint density at radius 1 is 1.19 bits per heavy atom. The molecule has 0 amide bonds. The van der Waals surface area contributed by atoms with Gasteiger partial charge in [-0.2, -0.15) is 4.98 Å². The van der Waals surface area contributed by atoms with E-state index in [1.807, 2.05) is 20.8 Å². The molecule has 4 nitrogen and oxygen atoms in total. The van der Waals surface area contributed by atoms with Gasteiger partial charge in [-0.3, -0.25) is 0 Å². The second-order valence-electron chi connectivity index (χ2n) is 6.24. The summed E-state index contributed by atoms with van der Waals surface area (Å²) in [6.45, 7) is 6.10. The zero-order chi connectivity index (χ0) is 15.6. The van der Waals surface area contributed by atoms with Crippen molar-refractivity contribution in [2.75, 3.05) is 0 Å². The lowest BCUT2D eigenvalue weighted by Gasteiger charge is -2.25. The number of nitrogens with zero attached hydrogens (tertiary/aromatic N) is 2. The van der Waals surface area contributed by atoms with Crippen LogP contribution in [0.25, 0.3) is 0 Å². The second kappa shape index (κ2) is 5.89. The maximum atomic E-state index is 13.1. The highest BCUT2D eigenvalue weighted by Gasteiger charge is 2.23. The smallest absolute Gasteiger partial charge is 0.228 e. The third-order valence-corrected chi connectivity index (χ3v) is 3.30. The van der Waals surface area contributed by atoms with Gasteiger partial charge in [-0.1, -0.05) is 25.9 Å². The van der Waals surface area contributed by atoms with E-state index in [2.05, 4.69) is 10.1 Å². The summed E-state index contributed by atoms with van der Waals surface area (Å²) < 4.78 is 31.4. The Kier molecular flexibility index (Phi) is 4.37. The summed E-state index contributed by atoms with van der Waals surface area (Å²) in [5.74, 6) is -0.424. The van der Waals surface area contributed by atoms with Crippen LogP contribution in [0.5, 0.6) is 0 Å². The molecule has 1 heterocycles. The van der Waals surface area contributed by atoms with Gasteiger partial charge in [0.1, 0.15) is 11.6 Å². The van der Waals surface area contributed by atoms with Crippen LogP contribution in [0.3, 0.4) is 0 Å². The third-order valence-electron chi connectivity index (χ3n) is 3.30. The van der Waals surface area contributed by atoms with Crippen LogP contribution in [0.4, 0.5) is 8.78 Å². The molecule has 0 aliphatic carbocycles. The van der Waals surface area contributed by atoms with Gasteiger partial charge in [-0.25, -0.2) is 8.78 Å². The van der Waals surface area contributed by atoms with Crippen molar-refractivity contribution in [3.63, 3.8) is 0 Å². The first-order valence-corrected chi connectivity index (χ1v) is 6.76. The van der Waals surface area contributed by atoms with Crippen molar-refractivity contribution >= 4 is 0 Å². The molecule has 21 heavy (non-hydrogen) atoms. The fourth-order valence-electron chi connectivity index (χ4n) is 1.83. The number of halogens is 2. The van der Waals surface area contributed by atoms with Crippen molar-refractivity contribution in [2.24, 2.45) is 11.1 Å². The summed E-state index contributed by atoms with van der Waals surface area (Å²) >= 11 is 0. The zero-order valence-corrected chi connectivity index (χ0v) is 12.4. The van der Waals surface area contributed by atoms with E-state index in [1.165, 1.54) is 12.1 Å². The van der Waals surface area contributed by atoms with Gasteiger partial charge >= 0.3 is 0 Å². The predicted octanol–water partition coefficient (Wildman–Crippen LogP) is 2.85. The van der Waals surface area contributed by atoms with Crippen molar-refractivity contribution in [1.82, 2.24) is 10.1 Å². The maximum absolute atomic E-state index is 13.1. The van der Waals surface area contributed by atoms with Crippen LogP contribution in [0.15, 0.2) is 22.7 Å². The average Bonchev–Trinajstić information content (AvgIpc) is 2.73. The van der Waals surface area contributed by atoms with Crippen LogP contribution < -0.4 is 5.73 Å². The van der Waals surface area contributed by atoms with E-state index < -0.39 is 11.6 Å². The van der Waals surface area contributed by atoms with E-state index in [0.717, 1.165) is 6.07 Å². The zero-order valence-electron chi connectivity index (χ0n) is 12.4. The molecular weight excluding hydrogens is 276 g/mol. The lowest BCUT2D eigenvalue weighted by atomic mass is 9.85. The molecular formula is C15H19F2N3O. The molecule has 2 N–H and O–H groups in total. The molecule has 1 atom stereocenters. The Morgan fingerprint density at radius 2 is 1.81 bits per heavy atom. The Balaban J connectivity index is 2.06. The Bertz CT molecular complexity index is 599. The highest BCUT2D eigenvalue weighted by molar-refractivity contribution is 5.21. The van der Waals surface area contributed by atoms with Gasteiger partial charge in [-0.15, -0.1) is 0 Å². The van der Waals surface area contributed by atoms with E-state index in [-0.39, 0.29) is 17.9 Å². The highest BCUT2D eigenvalue weighted by Crippen LogP contribution is 2.20. The molecule has 2 rings (SSSR count). The van der Waals surface area contributed by atoms with Gasteiger partial charge in [-0.05, 0) is 23.1 Å². The molecule has 0 aliphatic heterocycles. The number of hydrogen-bond donors (Lipinski definition) is 1. The normalized spacial score (nSPS) is 13.4. The molecule has 0 fully saturated rings. The lowest BCUT2D eigenvalue weighted by molar-refractivity contribution is 0.285. The van der Waals surface area contributed by atoms with Crippen molar-refractivity contribution in [3.8, 4) is 0 Å². The SMILES string of the molecule is CC(C)(C)C(N)Cc1nc(Cc2cc(F)cc(F)c2)no1. The standard InChI is InChI=1S/C15H19F2N3O/c1-15(2,3)12(18)8-14-19-13(20-21-14)6-9-4-10(16)7-11(17)5-9/h4-5,7,12H,6,8,18H2,1-3H3. The van der Waals surface area contributed by atoms with Gasteiger partial charge in [0, 0.05) is 24.9 Å². The molecule has 1 aromatic carbocycles. The van der Waals surface area contributed by atoms with Gasteiger partial charge in [0.05, 0.1) is 0 Å². The van der Waals surface area contributed by atoms with Crippen LogP contribution in [0.2, 0.25) is 0 Å². The molecule has 114 valence electrons. The van der Waals surface area contributed by atoms with E-state index in [0.29, 0.717) is 23.7 Å². The fraction of sp³-hybridized carbons (Fsp3) is 0.467. The van der Waals surface area contributed by atoms with Crippen LogP contribution >= 0.6 is 0 Å². The van der Waals surface area contributed by atoms with Crippen LogP contribution in [0.1, 0.15) is 38.0 Å². The minimum Gasteiger partial charge on any atom is -0.339 e. The molecule has 1 aromatic heterocycles. The minimum atomic E-state index is -0.622. The summed E-state index contributed by atoms with van der Waals surface area (Å²) in [6, 6.07) is 3.21. The molecule has 0 saturated heterocycles. The lowest BCUT2D eigenvalue weighted by Crippen LogP contribution is -2.37. The largest absolute Gasteiger partial charge is 0.339 e. The quantitative estimate of drug-likeness (QED) is 0.942. The Hall–Kier alpha value is -1.82. The molecule has 0 bridgehead atoms.